The Kier molecular flexibility index (Phi) is 8.89. The van der Waals surface area contributed by atoms with Crippen molar-refractivity contribution >= 4 is 5.78 Å². The highest BCUT2D eigenvalue weighted by molar-refractivity contribution is 5.79. The lowest BCUT2D eigenvalue weighted by molar-refractivity contribution is -0.347. The first kappa shape index (κ1) is 26.7. The lowest BCUT2D eigenvalue weighted by Crippen LogP contribution is -2.58. The highest BCUT2D eigenvalue weighted by atomic mass is 16.7. The van der Waals surface area contributed by atoms with Gasteiger partial charge in [0.15, 0.2) is 35.6 Å². The van der Waals surface area contributed by atoms with Crippen molar-refractivity contribution < 1.29 is 55.1 Å². The number of ketones is 1. The van der Waals surface area contributed by atoms with Crippen LogP contribution in [-0.2, 0) is 27.1 Å². The van der Waals surface area contributed by atoms with E-state index in [4.69, 9.17) is 9.47 Å². The molecule has 3 rings (SSSR count). The number of phenols is 4. The number of carbonyl (C=O) groups is 1. The van der Waals surface area contributed by atoms with Gasteiger partial charge in [0.05, 0.1) is 6.10 Å². The summed E-state index contributed by atoms with van der Waals surface area (Å²) < 4.78 is 10.8. The molecule has 0 amide bonds. The van der Waals surface area contributed by atoms with Gasteiger partial charge in [-0.15, -0.1) is 0 Å². The molecule has 0 bridgehead atoms. The van der Waals surface area contributed by atoms with Crippen LogP contribution in [-0.4, -0.2) is 83.6 Å². The summed E-state index contributed by atoms with van der Waals surface area (Å²) in [5.41, 5.74) is 1.28. The smallest absolute Gasteiger partial charge is 0.189 e. The normalized spacial score (nSPS) is 25.3. The summed E-state index contributed by atoms with van der Waals surface area (Å²) >= 11 is 0. The zero-order valence-electron chi connectivity index (χ0n) is 18.8. The Hall–Kier alpha value is -2.93. The highest BCUT2D eigenvalue weighted by Crippen LogP contribution is 2.28. The van der Waals surface area contributed by atoms with Gasteiger partial charge in [0.25, 0.3) is 0 Å². The van der Waals surface area contributed by atoms with Crippen LogP contribution < -0.4 is 0 Å². The summed E-state index contributed by atoms with van der Waals surface area (Å²) in [6, 6.07) is 8.52. The van der Waals surface area contributed by atoms with Gasteiger partial charge in [0, 0.05) is 12.8 Å². The number of hydrogen-bond acceptors (Lipinski definition) is 11. The molecular formula is C24H30O11. The Bertz CT molecular complexity index is 1010. The fourth-order valence-corrected chi connectivity index (χ4v) is 3.77. The van der Waals surface area contributed by atoms with E-state index < -0.39 is 37.0 Å². The molecule has 1 fully saturated rings. The second-order valence-corrected chi connectivity index (χ2v) is 8.55. The van der Waals surface area contributed by atoms with Crippen molar-refractivity contribution in [3.8, 4) is 23.0 Å². The van der Waals surface area contributed by atoms with Gasteiger partial charge in [-0.25, -0.2) is 0 Å². The number of hydrogen-bond donors (Lipinski definition) is 8. The molecule has 0 saturated carbocycles. The lowest BCUT2D eigenvalue weighted by Gasteiger charge is -2.39. The van der Waals surface area contributed by atoms with E-state index in [2.05, 4.69) is 0 Å². The quantitative estimate of drug-likeness (QED) is 0.210. The zero-order valence-corrected chi connectivity index (χ0v) is 18.8. The van der Waals surface area contributed by atoms with E-state index in [-0.39, 0.29) is 54.5 Å². The number of aryl methyl sites for hydroxylation is 2. The van der Waals surface area contributed by atoms with Crippen LogP contribution in [0.5, 0.6) is 23.0 Å². The average molecular weight is 494 g/mol. The minimum atomic E-state index is -1.80. The van der Waals surface area contributed by atoms with Crippen LogP contribution in [0.4, 0.5) is 0 Å². The molecular weight excluding hydrogens is 464 g/mol. The monoisotopic (exact) mass is 494 g/mol. The standard InChI is InChI=1S/C24H30O11/c25-14(5-1-12-3-7-16(26)18(28)9-12)11-15(6-2-13-4-8-17(27)19(29)10-13)34-24-22(32)20(30)21(31)23(33)35-24/h3-4,7-10,15,20-24,26-33H,1-2,5-6,11H2/t15-,20-,21-,22+,23-,24+/m1/s1. The molecule has 192 valence electrons. The molecule has 11 heteroatoms. The molecule has 0 spiro atoms. The molecule has 1 aliphatic heterocycles. The third kappa shape index (κ3) is 7.04. The van der Waals surface area contributed by atoms with Crippen LogP contribution in [0.25, 0.3) is 0 Å². The van der Waals surface area contributed by atoms with E-state index in [1.807, 2.05) is 0 Å². The molecule has 2 aromatic rings. The first-order valence-corrected chi connectivity index (χ1v) is 11.1. The van der Waals surface area contributed by atoms with Gasteiger partial charge < -0.3 is 50.3 Å². The molecule has 6 atom stereocenters. The average Bonchev–Trinajstić information content (AvgIpc) is 2.82. The summed E-state index contributed by atoms with van der Waals surface area (Å²) in [6.45, 7) is 0. The maximum atomic E-state index is 12.7. The Balaban J connectivity index is 1.66. The second-order valence-electron chi connectivity index (χ2n) is 8.55. The van der Waals surface area contributed by atoms with Crippen molar-refractivity contribution in [3.63, 3.8) is 0 Å². The molecule has 0 aromatic heterocycles. The van der Waals surface area contributed by atoms with Crippen LogP contribution >= 0.6 is 0 Å². The van der Waals surface area contributed by atoms with Crippen molar-refractivity contribution in [2.45, 2.75) is 69.1 Å². The van der Waals surface area contributed by atoms with E-state index >= 15 is 0 Å². The maximum absolute atomic E-state index is 12.7. The van der Waals surface area contributed by atoms with Crippen molar-refractivity contribution in [2.75, 3.05) is 0 Å². The Labute approximate surface area is 201 Å². The molecule has 8 N–H and O–H groups in total. The second kappa shape index (κ2) is 11.7. The number of aliphatic hydroxyl groups excluding tert-OH is 4. The first-order valence-electron chi connectivity index (χ1n) is 11.1. The topological polar surface area (TPSA) is 197 Å². The molecule has 0 unspecified atom stereocenters. The molecule has 0 aliphatic carbocycles. The minimum absolute atomic E-state index is 0.0854. The van der Waals surface area contributed by atoms with Gasteiger partial charge in [-0.05, 0) is 54.7 Å². The molecule has 1 aliphatic rings. The van der Waals surface area contributed by atoms with E-state index in [0.717, 1.165) is 0 Å². The van der Waals surface area contributed by atoms with Gasteiger partial charge in [-0.3, -0.25) is 4.79 Å². The van der Waals surface area contributed by atoms with Crippen LogP contribution in [0.3, 0.4) is 0 Å². The zero-order chi connectivity index (χ0) is 25.7. The van der Waals surface area contributed by atoms with Crippen LogP contribution in [0.15, 0.2) is 36.4 Å². The maximum Gasteiger partial charge on any atom is 0.189 e. The molecule has 0 radical (unpaired) electrons. The fourth-order valence-electron chi connectivity index (χ4n) is 3.77. The summed E-state index contributed by atoms with van der Waals surface area (Å²) in [4.78, 5) is 12.7. The molecule has 1 saturated heterocycles. The number of phenolic OH excluding ortho intramolecular Hbond substituents is 4. The van der Waals surface area contributed by atoms with E-state index in [1.54, 1.807) is 12.1 Å². The van der Waals surface area contributed by atoms with Crippen LogP contribution in [0.1, 0.15) is 30.4 Å². The van der Waals surface area contributed by atoms with E-state index in [0.29, 0.717) is 17.5 Å². The number of rotatable bonds is 10. The molecule has 1 heterocycles. The van der Waals surface area contributed by atoms with Gasteiger partial charge in [-0.2, -0.15) is 0 Å². The molecule has 11 nitrogen and oxygen atoms in total. The van der Waals surface area contributed by atoms with Crippen molar-refractivity contribution in [1.82, 2.24) is 0 Å². The SMILES string of the molecule is O=C(CCc1ccc(O)c(O)c1)C[C@@H](CCc1ccc(O)c(O)c1)O[C@H]1O[C@@H](O)[C@H](O)[C@@H](O)[C@@H]1O. The predicted octanol–water partition coefficient (Wildman–Crippen LogP) is 0.176. The number of aromatic hydroxyl groups is 4. The summed E-state index contributed by atoms with van der Waals surface area (Å²) in [5.74, 6) is -1.37. The number of benzene rings is 2. The number of aliphatic hydroxyl groups is 4. The summed E-state index contributed by atoms with van der Waals surface area (Å²) in [6.07, 6.45) is -8.48. The molecule has 2 aromatic carbocycles. The van der Waals surface area contributed by atoms with Crippen molar-refractivity contribution in [2.24, 2.45) is 0 Å². The van der Waals surface area contributed by atoms with Crippen LogP contribution in [0.2, 0.25) is 0 Å². The summed E-state index contributed by atoms with van der Waals surface area (Å²) in [5, 5.41) is 77.8. The Morgan fingerprint density at radius 1 is 0.800 bits per heavy atom. The Morgan fingerprint density at radius 2 is 1.37 bits per heavy atom. The first-order chi connectivity index (χ1) is 16.5. The Morgan fingerprint density at radius 3 is 1.94 bits per heavy atom. The van der Waals surface area contributed by atoms with Crippen molar-refractivity contribution in [1.29, 1.82) is 0 Å². The largest absolute Gasteiger partial charge is 0.504 e. The van der Waals surface area contributed by atoms with Gasteiger partial charge in [0.2, 0.25) is 0 Å². The summed E-state index contributed by atoms with van der Waals surface area (Å²) in [7, 11) is 0. The number of Topliss-reactive ketones (excluding diaryl/α,β-unsaturated/α-hetero) is 1. The van der Waals surface area contributed by atoms with Gasteiger partial charge in [-0.1, -0.05) is 12.1 Å². The lowest BCUT2D eigenvalue weighted by atomic mass is 9.99. The highest BCUT2D eigenvalue weighted by Gasteiger charge is 2.44. The third-order valence-electron chi connectivity index (χ3n) is 5.85. The third-order valence-corrected chi connectivity index (χ3v) is 5.85. The predicted molar refractivity (Wildman–Crippen MR) is 120 cm³/mol. The number of carbonyl (C=O) groups excluding carboxylic acids is 1. The van der Waals surface area contributed by atoms with E-state index in [1.165, 1.54) is 24.3 Å². The van der Waals surface area contributed by atoms with Gasteiger partial charge >= 0.3 is 0 Å². The molecule has 35 heavy (non-hydrogen) atoms. The van der Waals surface area contributed by atoms with Crippen molar-refractivity contribution in [3.05, 3.63) is 47.5 Å². The fraction of sp³-hybridized carbons (Fsp3) is 0.458. The minimum Gasteiger partial charge on any atom is -0.504 e. The van der Waals surface area contributed by atoms with Gasteiger partial charge in [0.1, 0.15) is 24.1 Å². The van der Waals surface area contributed by atoms with Crippen LogP contribution in [0, 0.1) is 0 Å². The van der Waals surface area contributed by atoms with E-state index in [9.17, 15) is 45.6 Å². The number of ether oxygens (including phenoxy) is 2.